The van der Waals surface area contributed by atoms with Crippen LogP contribution in [0.4, 0.5) is 11.4 Å². The molecule has 0 bridgehead atoms. The van der Waals surface area contributed by atoms with Crippen molar-refractivity contribution in [2.75, 3.05) is 24.3 Å². The van der Waals surface area contributed by atoms with E-state index in [2.05, 4.69) is 15.5 Å². The van der Waals surface area contributed by atoms with E-state index >= 15 is 0 Å². The van der Waals surface area contributed by atoms with Gasteiger partial charge in [-0.15, -0.1) is 10.2 Å². The summed E-state index contributed by atoms with van der Waals surface area (Å²) in [6.45, 7) is 3.91. The number of nitrogens with one attached hydrogen (secondary N) is 1. The molecule has 0 radical (unpaired) electrons. The number of hydrogen-bond donors (Lipinski definition) is 1. The molecule has 1 heterocycles. The molecule has 1 aromatic heterocycles. The molecule has 0 saturated carbocycles. The second-order valence-corrected chi connectivity index (χ2v) is 7.77. The Morgan fingerprint density at radius 2 is 1.85 bits per heavy atom. The van der Waals surface area contributed by atoms with Crippen LogP contribution in [0.1, 0.15) is 12.5 Å². The highest BCUT2D eigenvalue weighted by molar-refractivity contribution is 8.00. The van der Waals surface area contributed by atoms with Gasteiger partial charge in [0.15, 0.2) is 5.16 Å². The smallest absolute Gasteiger partial charge is 0.237 e. The van der Waals surface area contributed by atoms with E-state index in [9.17, 15) is 4.79 Å². The molecule has 1 N–H and O–H groups in total. The molecular weight excluding hydrogens is 358 g/mol. The Balaban J connectivity index is 1.69. The molecule has 140 valence electrons. The molecule has 27 heavy (non-hydrogen) atoms. The van der Waals surface area contributed by atoms with Gasteiger partial charge in [-0.1, -0.05) is 30.0 Å². The van der Waals surface area contributed by atoms with Crippen molar-refractivity contribution >= 4 is 29.0 Å². The maximum atomic E-state index is 12.6. The number of thioether (sulfide) groups is 1. The van der Waals surface area contributed by atoms with E-state index in [0.29, 0.717) is 5.16 Å². The maximum absolute atomic E-state index is 12.6. The van der Waals surface area contributed by atoms with Crippen molar-refractivity contribution in [3.05, 3.63) is 60.4 Å². The summed E-state index contributed by atoms with van der Waals surface area (Å²) >= 11 is 1.38. The van der Waals surface area contributed by atoms with Gasteiger partial charge in [-0.3, -0.25) is 9.36 Å². The Morgan fingerprint density at radius 1 is 1.15 bits per heavy atom. The van der Waals surface area contributed by atoms with Gasteiger partial charge in [0, 0.05) is 25.5 Å². The lowest BCUT2D eigenvalue weighted by molar-refractivity contribution is -0.115. The summed E-state index contributed by atoms with van der Waals surface area (Å²) in [5, 5.41) is 11.5. The van der Waals surface area contributed by atoms with Gasteiger partial charge in [0.1, 0.15) is 6.33 Å². The van der Waals surface area contributed by atoms with Crippen LogP contribution in [0.15, 0.2) is 60.0 Å². The zero-order valence-electron chi connectivity index (χ0n) is 15.9. The third-order valence-corrected chi connectivity index (χ3v) is 5.25. The van der Waals surface area contributed by atoms with Crippen molar-refractivity contribution in [1.29, 1.82) is 0 Å². The van der Waals surface area contributed by atoms with Crippen LogP contribution in [-0.2, 0) is 4.79 Å². The maximum Gasteiger partial charge on any atom is 0.237 e. The van der Waals surface area contributed by atoms with E-state index in [1.807, 2.05) is 85.9 Å². The van der Waals surface area contributed by atoms with E-state index < -0.39 is 0 Å². The Kier molecular flexibility index (Phi) is 5.81. The quantitative estimate of drug-likeness (QED) is 0.659. The molecule has 0 fully saturated rings. The number of para-hydroxylation sites is 1. The lowest BCUT2D eigenvalue weighted by Gasteiger charge is -2.15. The minimum Gasteiger partial charge on any atom is -0.378 e. The summed E-state index contributed by atoms with van der Waals surface area (Å²) in [4.78, 5) is 14.6. The highest BCUT2D eigenvalue weighted by Gasteiger charge is 2.19. The van der Waals surface area contributed by atoms with Crippen molar-refractivity contribution in [3.8, 4) is 5.69 Å². The Hall–Kier alpha value is -2.80. The second-order valence-electron chi connectivity index (χ2n) is 6.46. The van der Waals surface area contributed by atoms with Crippen molar-refractivity contribution in [1.82, 2.24) is 14.8 Å². The molecule has 0 aliphatic heterocycles. The number of rotatable bonds is 6. The summed E-state index contributed by atoms with van der Waals surface area (Å²) in [5.74, 6) is -0.0723. The molecule has 0 saturated heterocycles. The predicted octanol–water partition coefficient (Wildman–Crippen LogP) is 3.76. The fraction of sp³-hybridized carbons (Fsp3) is 0.250. The van der Waals surface area contributed by atoms with Crippen LogP contribution in [0.5, 0.6) is 0 Å². The molecule has 7 heteroatoms. The average molecular weight is 382 g/mol. The summed E-state index contributed by atoms with van der Waals surface area (Å²) in [5.41, 5.74) is 3.99. The molecule has 1 atom stereocenters. The minimum absolute atomic E-state index is 0.0723. The third kappa shape index (κ3) is 4.49. The summed E-state index contributed by atoms with van der Waals surface area (Å²) < 4.78 is 1.91. The monoisotopic (exact) mass is 381 g/mol. The van der Waals surface area contributed by atoms with Gasteiger partial charge in [-0.25, -0.2) is 0 Å². The average Bonchev–Trinajstić information content (AvgIpc) is 3.10. The molecule has 0 aliphatic rings. The number of carbonyl (C=O) groups is 1. The van der Waals surface area contributed by atoms with Gasteiger partial charge >= 0.3 is 0 Å². The molecule has 0 aliphatic carbocycles. The van der Waals surface area contributed by atoms with Crippen LogP contribution in [0.3, 0.4) is 0 Å². The second kappa shape index (κ2) is 8.26. The van der Waals surface area contributed by atoms with Crippen LogP contribution in [0.25, 0.3) is 5.69 Å². The zero-order valence-corrected chi connectivity index (χ0v) is 16.7. The van der Waals surface area contributed by atoms with Gasteiger partial charge in [0.05, 0.1) is 10.9 Å². The molecule has 1 unspecified atom stereocenters. The Labute approximate surface area is 163 Å². The largest absolute Gasteiger partial charge is 0.378 e. The number of hydrogen-bond acceptors (Lipinski definition) is 5. The van der Waals surface area contributed by atoms with Gasteiger partial charge in [0.25, 0.3) is 0 Å². The van der Waals surface area contributed by atoms with Gasteiger partial charge < -0.3 is 10.2 Å². The van der Waals surface area contributed by atoms with E-state index in [1.54, 1.807) is 6.33 Å². The van der Waals surface area contributed by atoms with Crippen LogP contribution < -0.4 is 10.2 Å². The topological polar surface area (TPSA) is 63.1 Å². The zero-order chi connectivity index (χ0) is 19.4. The highest BCUT2D eigenvalue weighted by atomic mass is 32.2. The summed E-state index contributed by atoms with van der Waals surface area (Å²) in [6, 6.07) is 15.8. The molecule has 3 aromatic rings. The molecule has 2 aromatic carbocycles. The van der Waals surface area contributed by atoms with Crippen LogP contribution >= 0.6 is 11.8 Å². The van der Waals surface area contributed by atoms with Crippen molar-refractivity contribution in [2.24, 2.45) is 0 Å². The van der Waals surface area contributed by atoms with Crippen LogP contribution in [-0.4, -0.2) is 40.0 Å². The molecule has 1 amide bonds. The first kappa shape index (κ1) is 19.0. The SMILES string of the molecule is Cc1ccccc1-n1cnnc1SC(C)C(=O)Nc1ccc(N(C)C)cc1. The normalized spacial score (nSPS) is 11.9. The standard InChI is InChI=1S/C20H23N5OS/c1-14-7-5-6-8-18(14)25-13-21-23-20(25)27-15(2)19(26)22-16-9-11-17(12-10-16)24(3)4/h5-13,15H,1-4H3,(H,22,26). The number of aryl methyl sites for hydroxylation is 1. The first-order valence-corrected chi connectivity index (χ1v) is 9.54. The van der Waals surface area contributed by atoms with E-state index in [4.69, 9.17) is 0 Å². The molecule has 3 rings (SSSR count). The highest BCUT2D eigenvalue weighted by Crippen LogP contribution is 2.26. The number of carbonyl (C=O) groups excluding carboxylic acids is 1. The number of nitrogens with zero attached hydrogens (tertiary/aromatic N) is 4. The predicted molar refractivity (Wildman–Crippen MR) is 111 cm³/mol. The summed E-state index contributed by atoms with van der Waals surface area (Å²) in [7, 11) is 3.97. The lowest BCUT2D eigenvalue weighted by Crippen LogP contribution is -2.23. The van der Waals surface area contributed by atoms with Gasteiger partial charge in [-0.05, 0) is 49.7 Å². The van der Waals surface area contributed by atoms with Crippen molar-refractivity contribution in [2.45, 2.75) is 24.3 Å². The molecular formula is C20H23N5OS. The lowest BCUT2D eigenvalue weighted by atomic mass is 10.2. The third-order valence-electron chi connectivity index (χ3n) is 4.19. The van der Waals surface area contributed by atoms with E-state index in [1.165, 1.54) is 11.8 Å². The fourth-order valence-electron chi connectivity index (χ4n) is 2.60. The van der Waals surface area contributed by atoms with Gasteiger partial charge in [0.2, 0.25) is 5.91 Å². The molecule has 0 spiro atoms. The first-order valence-electron chi connectivity index (χ1n) is 8.66. The molecule has 6 nitrogen and oxygen atoms in total. The first-order chi connectivity index (χ1) is 13.0. The van der Waals surface area contributed by atoms with Crippen molar-refractivity contribution < 1.29 is 4.79 Å². The Morgan fingerprint density at radius 3 is 2.52 bits per heavy atom. The number of aromatic nitrogens is 3. The number of amides is 1. The van der Waals surface area contributed by atoms with E-state index in [-0.39, 0.29) is 11.2 Å². The Bertz CT molecular complexity index is 920. The van der Waals surface area contributed by atoms with Crippen LogP contribution in [0.2, 0.25) is 0 Å². The van der Waals surface area contributed by atoms with E-state index in [0.717, 1.165) is 22.6 Å². The minimum atomic E-state index is -0.314. The van der Waals surface area contributed by atoms with Gasteiger partial charge in [-0.2, -0.15) is 0 Å². The fourth-order valence-corrected chi connectivity index (χ4v) is 3.44. The van der Waals surface area contributed by atoms with Crippen molar-refractivity contribution in [3.63, 3.8) is 0 Å². The van der Waals surface area contributed by atoms with Crippen LogP contribution in [0, 0.1) is 6.92 Å². The summed E-state index contributed by atoms with van der Waals surface area (Å²) in [6.07, 6.45) is 1.68. The number of benzene rings is 2. The number of anilines is 2.